The van der Waals surface area contributed by atoms with Crippen LogP contribution in [0, 0.1) is 0 Å². The molecule has 2 N–H and O–H groups in total. The fourth-order valence-corrected chi connectivity index (χ4v) is 3.89. The minimum Gasteiger partial charge on any atom is -0.508 e. The first-order valence-electron chi connectivity index (χ1n) is 9.01. The molecule has 0 aliphatic carbocycles. The number of hydrogen-bond acceptors (Lipinski definition) is 9. The third-order valence-electron chi connectivity index (χ3n) is 4.38. The summed E-state index contributed by atoms with van der Waals surface area (Å²) in [6, 6.07) is 9.63. The number of carbonyl (C=O) groups excluding carboxylic acids is 1. The van der Waals surface area contributed by atoms with Gasteiger partial charge in [0.2, 0.25) is 0 Å². The normalized spacial score (nSPS) is 16.0. The molecule has 3 rings (SSSR count). The highest BCUT2D eigenvalue weighted by atomic mass is 32.2. The molecule has 2 aromatic carbocycles. The number of phenolic OH excluding ortho intramolecular Hbond substituents is 1. The number of ether oxygens (including phenoxy) is 4. The van der Waals surface area contributed by atoms with Crippen LogP contribution >= 0.6 is 11.8 Å². The number of phenols is 1. The number of esters is 1. The van der Waals surface area contributed by atoms with E-state index in [1.54, 1.807) is 30.3 Å². The molecule has 0 fully saturated rings. The Morgan fingerprint density at radius 3 is 2.29 bits per heavy atom. The molecule has 31 heavy (non-hydrogen) atoms. The Bertz CT molecular complexity index is 1110. The van der Waals surface area contributed by atoms with Crippen molar-refractivity contribution in [1.82, 2.24) is 0 Å². The molecule has 9 heteroatoms. The summed E-state index contributed by atoms with van der Waals surface area (Å²) in [5, 5.41) is 20.6. The summed E-state index contributed by atoms with van der Waals surface area (Å²) in [7, 11) is 5.74. The third kappa shape index (κ3) is 4.61. The predicted molar refractivity (Wildman–Crippen MR) is 119 cm³/mol. The van der Waals surface area contributed by atoms with Crippen LogP contribution in [0.5, 0.6) is 23.0 Å². The predicted octanol–water partition coefficient (Wildman–Crippen LogP) is 4.22. The molecule has 0 atom stereocenters. The van der Waals surface area contributed by atoms with Gasteiger partial charge in [0.15, 0.2) is 11.5 Å². The number of rotatable bonds is 6. The molecule has 0 radical (unpaired) electrons. The zero-order chi connectivity index (χ0) is 22.5. The number of aromatic hydroxyl groups is 1. The Balaban J connectivity index is 2.07. The van der Waals surface area contributed by atoms with Crippen LogP contribution in [0.4, 0.5) is 5.69 Å². The number of methoxy groups -OCH3 is 4. The monoisotopic (exact) mass is 443 g/mol. The molecular weight excluding hydrogens is 422 g/mol. The van der Waals surface area contributed by atoms with Gasteiger partial charge in [0.1, 0.15) is 27.9 Å². The van der Waals surface area contributed by atoms with Gasteiger partial charge in [0, 0.05) is 17.7 Å². The van der Waals surface area contributed by atoms with Gasteiger partial charge in [0.25, 0.3) is 0 Å². The van der Waals surface area contributed by atoms with Gasteiger partial charge in [-0.2, -0.15) is 0 Å². The lowest BCUT2D eigenvalue weighted by molar-refractivity contribution is -0.135. The lowest BCUT2D eigenvalue weighted by Gasteiger charge is -2.08. The van der Waals surface area contributed by atoms with Gasteiger partial charge in [-0.1, -0.05) is 11.8 Å². The van der Waals surface area contributed by atoms with Gasteiger partial charge in [-0.15, -0.1) is 0 Å². The molecule has 8 nitrogen and oxygen atoms in total. The van der Waals surface area contributed by atoms with E-state index in [1.165, 1.54) is 40.6 Å². The van der Waals surface area contributed by atoms with E-state index in [4.69, 9.17) is 18.9 Å². The molecule has 1 aliphatic heterocycles. The number of benzene rings is 2. The van der Waals surface area contributed by atoms with Crippen molar-refractivity contribution in [2.45, 2.75) is 0 Å². The second kappa shape index (κ2) is 9.48. The van der Waals surface area contributed by atoms with Crippen LogP contribution in [-0.2, 0) is 9.53 Å². The van der Waals surface area contributed by atoms with E-state index < -0.39 is 5.97 Å². The Labute approximate surface area is 183 Å². The zero-order valence-corrected chi connectivity index (χ0v) is 18.1. The molecule has 0 unspecified atom stereocenters. The molecule has 0 aromatic heterocycles. The number of nitrogens with zero attached hydrogens (tertiary/aromatic N) is 1. The van der Waals surface area contributed by atoms with Crippen LogP contribution in [-0.4, -0.2) is 49.7 Å². The van der Waals surface area contributed by atoms with E-state index in [9.17, 15) is 15.0 Å². The maximum absolute atomic E-state index is 12.4. The average Bonchev–Trinajstić information content (AvgIpc) is 3.08. The summed E-state index contributed by atoms with van der Waals surface area (Å²) in [4.78, 5) is 17.2. The molecule has 2 aromatic rings. The fraction of sp³-hybridized carbons (Fsp3) is 0.182. The third-order valence-corrected chi connectivity index (χ3v) is 5.40. The van der Waals surface area contributed by atoms with Gasteiger partial charge >= 0.3 is 5.97 Å². The highest BCUT2D eigenvalue weighted by Gasteiger charge is 2.33. The van der Waals surface area contributed by atoms with Crippen molar-refractivity contribution in [2.75, 3.05) is 28.4 Å². The summed E-state index contributed by atoms with van der Waals surface area (Å²) >= 11 is 1.10. The van der Waals surface area contributed by atoms with Crippen molar-refractivity contribution in [1.29, 1.82) is 0 Å². The van der Waals surface area contributed by atoms with E-state index >= 15 is 0 Å². The van der Waals surface area contributed by atoms with E-state index in [0.717, 1.165) is 11.8 Å². The first kappa shape index (κ1) is 22.1. The van der Waals surface area contributed by atoms with Crippen LogP contribution in [0.2, 0.25) is 0 Å². The molecule has 162 valence electrons. The Morgan fingerprint density at radius 2 is 1.65 bits per heavy atom. The van der Waals surface area contributed by atoms with E-state index in [2.05, 4.69) is 4.99 Å². The van der Waals surface area contributed by atoms with Crippen LogP contribution in [0.3, 0.4) is 0 Å². The molecule has 0 bridgehead atoms. The second-order valence-corrected chi connectivity index (χ2v) is 7.24. The quantitative estimate of drug-likeness (QED) is 0.639. The molecule has 0 saturated heterocycles. The Hall–Kier alpha value is -3.59. The van der Waals surface area contributed by atoms with Crippen molar-refractivity contribution in [3.8, 4) is 23.0 Å². The number of aliphatic imine (C=N–C) groups is 1. The van der Waals surface area contributed by atoms with E-state index in [1.807, 2.05) is 0 Å². The van der Waals surface area contributed by atoms with Gasteiger partial charge in [0.05, 0.1) is 39.0 Å². The highest BCUT2D eigenvalue weighted by molar-refractivity contribution is 8.18. The van der Waals surface area contributed by atoms with E-state index in [-0.39, 0.29) is 22.1 Å². The molecule has 1 heterocycles. The van der Waals surface area contributed by atoms with Crippen LogP contribution in [0.1, 0.15) is 5.56 Å². The largest absolute Gasteiger partial charge is 0.508 e. The van der Waals surface area contributed by atoms with Crippen LogP contribution < -0.4 is 14.2 Å². The van der Waals surface area contributed by atoms with Crippen LogP contribution in [0.25, 0.3) is 6.08 Å². The number of carbonyl (C=O) groups is 1. The SMILES string of the molecule is COC(=O)C1=C(O)C(=Cc2ccc(O)cc2OC)SC1=Nc1ccc(OC)c(OC)c1. The molecule has 0 spiro atoms. The minimum absolute atomic E-state index is 0.0452. The van der Waals surface area contributed by atoms with Crippen molar-refractivity contribution in [3.63, 3.8) is 0 Å². The summed E-state index contributed by atoms with van der Waals surface area (Å²) in [6.07, 6.45) is 1.64. The lowest BCUT2D eigenvalue weighted by atomic mass is 10.1. The average molecular weight is 443 g/mol. The maximum Gasteiger partial charge on any atom is 0.344 e. The number of hydrogen-bond donors (Lipinski definition) is 2. The summed E-state index contributed by atoms with van der Waals surface area (Å²) in [5.74, 6) is 0.493. The van der Waals surface area contributed by atoms with Gasteiger partial charge in [-0.25, -0.2) is 9.79 Å². The van der Waals surface area contributed by atoms with Crippen molar-refractivity contribution in [2.24, 2.45) is 4.99 Å². The van der Waals surface area contributed by atoms with Gasteiger partial charge < -0.3 is 29.2 Å². The molecular formula is C22H21NO7S. The summed E-state index contributed by atoms with van der Waals surface area (Å²) in [5.41, 5.74) is 1.05. The maximum atomic E-state index is 12.4. The van der Waals surface area contributed by atoms with Gasteiger partial charge in [-0.3, -0.25) is 0 Å². The standard InChI is InChI=1S/C22H21NO7S/c1-27-15-8-6-13(10-17(15)29-3)23-21-19(22(26)30-4)20(25)18(31-21)9-12-5-7-14(24)11-16(12)28-2/h5-11,24-25H,1-4H3. The van der Waals surface area contributed by atoms with Gasteiger partial charge in [-0.05, 0) is 30.3 Å². The van der Waals surface area contributed by atoms with E-state index in [0.29, 0.717) is 33.4 Å². The lowest BCUT2D eigenvalue weighted by Crippen LogP contribution is -2.10. The fourth-order valence-electron chi connectivity index (χ4n) is 2.86. The molecule has 1 aliphatic rings. The second-order valence-electron chi connectivity index (χ2n) is 6.21. The number of aliphatic hydroxyl groups is 1. The minimum atomic E-state index is -0.717. The smallest absolute Gasteiger partial charge is 0.344 e. The van der Waals surface area contributed by atoms with Crippen molar-refractivity contribution < 1.29 is 34.0 Å². The van der Waals surface area contributed by atoms with Crippen molar-refractivity contribution in [3.05, 3.63) is 58.2 Å². The summed E-state index contributed by atoms with van der Waals surface area (Å²) in [6.45, 7) is 0. The Morgan fingerprint density at radius 1 is 0.935 bits per heavy atom. The molecule has 0 saturated carbocycles. The zero-order valence-electron chi connectivity index (χ0n) is 17.3. The topological polar surface area (TPSA) is 107 Å². The van der Waals surface area contributed by atoms with Crippen molar-refractivity contribution >= 4 is 34.5 Å². The summed E-state index contributed by atoms with van der Waals surface area (Å²) < 4.78 is 20.6. The number of aliphatic hydroxyl groups excluding tert-OH is 1. The number of thioether (sulfide) groups is 1. The highest BCUT2D eigenvalue weighted by Crippen LogP contribution is 2.42. The first-order chi connectivity index (χ1) is 14.9. The first-order valence-corrected chi connectivity index (χ1v) is 9.83. The molecule has 0 amide bonds. The van der Waals surface area contributed by atoms with Crippen LogP contribution in [0.15, 0.2) is 57.6 Å². The Kier molecular flexibility index (Phi) is 6.76.